The van der Waals surface area contributed by atoms with E-state index < -0.39 is 25.0 Å². The molecule has 0 aromatic heterocycles. The first-order valence-corrected chi connectivity index (χ1v) is 4.37. The summed E-state index contributed by atoms with van der Waals surface area (Å²) in [5.41, 5.74) is -0.371. The number of carbonyl (C=O) groups is 1. The molecular weight excluding hydrogens is 228 g/mol. The molecule has 0 aliphatic rings. The molecular formula is C10H8F4O2. The summed E-state index contributed by atoms with van der Waals surface area (Å²) in [6.45, 7) is -0.645. The Bertz CT molecular complexity index is 374. The lowest BCUT2D eigenvalue weighted by atomic mass is 10.2. The van der Waals surface area contributed by atoms with Crippen molar-refractivity contribution >= 4 is 6.29 Å². The predicted octanol–water partition coefficient (Wildman–Crippen LogP) is 2.97. The number of alkyl halides is 3. The van der Waals surface area contributed by atoms with E-state index in [1.165, 1.54) is 12.1 Å². The van der Waals surface area contributed by atoms with Gasteiger partial charge in [-0.05, 0) is 12.1 Å². The molecule has 16 heavy (non-hydrogen) atoms. The fraction of sp³-hybridized carbons (Fsp3) is 0.300. The van der Waals surface area contributed by atoms with Crippen molar-refractivity contribution in [2.75, 3.05) is 6.61 Å². The van der Waals surface area contributed by atoms with Gasteiger partial charge in [0.2, 0.25) is 0 Å². The van der Waals surface area contributed by atoms with E-state index in [1.54, 1.807) is 0 Å². The normalized spacial score (nSPS) is 11.2. The molecule has 0 amide bonds. The highest BCUT2D eigenvalue weighted by atomic mass is 19.4. The molecule has 0 saturated carbocycles. The monoisotopic (exact) mass is 236 g/mol. The van der Waals surface area contributed by atoms with Gasteiger partial charge in [0, 0.05) is 0 Å². The predicted molar refractivity (Wildman–Crippen MR) is 48.0 cm³/mol. The lowest BCUT2D eigenvalue weighted by Crippen LogP contribution is -2.13. The topological polar surface area (TPSA) is 26.3 Å². The molecule has 0 N–H and O–H groups in total. The van der Waals surface area contributed by atoms with Crippen LogP contribution in [0.15, 0.2) is 18.2 Å². The van der Waals surface area contributed by atoms with Crippen LogP contribution < -0.4 is 4.74 Å². The van der Waals surface area contributed by atoms with Gasteiger partial charge in [0.05, 0.1) is 18.6 Å². The number of benzene rings is 1. The second-order valence-electron chi connectivity index (χ2n) is 2.98. The summed E-state index contributed by atoms with van der Waals surface area (Å²) in [7, 11) is 0. The third-order valence-electron chi connectivity index (χ3n) is 1.77. The molecule has 0 spiro atoms. The van der Waals surface area contributed by atoms with Gasteiger partial charge >= 0.3 is 6.18 Å². The lowest BCUT2D eigenvalue weighted by Gasteiger charge is -2.10. The number of aldehydes is 1. The highest BCUT2D eigenvalue weighted by Crippen LogP contribution is 2.23. The number of rotatable bonds is 4. The van der Waals surface area contributed by atoms with Crippen LogP contribution in [-0.2, 0) is 0 Å². The first kappa shape index (κ1) is 12.5. The largest absolute Gasteiger partial charge is 0.492 e. The summed E-state index contributed by atoms with van der Waals surface area (Å²) < 4.78 is 53.1. The lowest BCUT2D eigenvalue weighted by molar-refractivity contribution is -0.139. The smallest absolute Gasteiger partial charge is 0.392 e. The highest BCUT2D eigenvalue weighted by Gasteiger charge is 2.27. The summed E-state index contributed by atoms with van der Waals surface area (Å²) in [6, 6.07) is 3.52. The summed E-state index contributed by atoms with van der Waals surface area (Å²) in [5.74, 6) is -1.00. The second kappa shape index (κ2) is 4.96. The zero-order chi connectivity index (χ0) is 12.2. The fourth-order valence-corrected chi connectivity index (χ4v) is 1.03. The molecule has 0 saturated heterocycles. The molecule has 0 atom stereocenters. The van der Waals surface area contributed by atoms with Gasteiger partial charge in [-0.15, -0.1) is 0 Å². The van der Waals surface area contributed by atoms with Crippen molar-refractivity contribution < 1.29 is 27.1 Å². The Morgan fingerprint density at radius 1 is 1.31 bits per heavy atom. The number of hydrogen-bond donors (Lipinski definition) is 0. The molecule has 1 aromatic carbocycles. The molecule has 0 heterocycles. The average Bonchev–Trinajstić information content (AvgIpc) is 2.16. The van der Waals surface area contributed by atoms with Crippen LogP contribution in [0.4, 0.5) is 17.6 Å². The van der Waals surface area contributed by atoms with Crippen LogP contribution in [0.1, 0.15) is 16.8 Å². The van der Waals surface area contributed by atoms with Gasteiger partial charge in [0.15, 0.2) is 6.29 Å². The standard InChI is InChI=1S/C10H8F4O2/c11-8-2-1-3-9(7(8)6-15)16-5-4-10(12,13)14/h1-3,6H,4-5H2. The van der Waals surface area contributed by atoms with Crippen molar-refractivity contribution in [3.63, 3.8) is 0 Å². The molecule has 0 radical (unpaired) electrons. The van der Waals surface area contributed by atoms with Crippen molar-refractivity contribution in [2.24, 2.45) is 0 Å². The third-order valence-corrected chi connectivity index (χ3v) is 1.77. The highest BCUT2D eigenvalue weighted by molar-refractivity contribution is 5.79. The average molecular weight is 236 g/mol. The first-order chi connectivity index (χ1) is 7.44. The SMILES string of the molecule is O=Cc1c(F)cccc1OCCC(F)(F)F. The molecule has 0 unspecified atom stereocenters. The van der Waals surface area contributed by atoms with Crippen LogP contribution in [0.2, 0.25) is 0 Å². The Morgan fingerprint density at radius 2 is 2.00 bits per heavy atom. The minimum absolute atomic E-state index is 0.181. The molecule has 1 aromatic rings. The summed E-state index contributed by atoms with van der Waals surface area (Å²) in [6.07, 6.45) is -5.28. The summed E-state index contributed by atoms with van der Waals surface area (Å²) in [5, 5.41) is 0. The molecule has 0 aliphatic carbocycles. The van der Waals surface area contributed by atoms with E-state index in [1.807, 2.05) is 0 Å². The second-order valence-corrected chi connectivity index (χ2v) is 2.98. The Hall–Kier alpha value is -1.59. The van der Waals surface area contributed by atoms with E-state index >= 15 is 0 Å². The van der Waals surface area contributed by atoms with Crippen LogP contribution in [-0.4, -0.2) is 19.1 Å². The van der Waals surface area contributed by atoms with Gasteiger partial charge in [0.25, 0.3) is 0 Å². The van der Waals surface area contributed by atoms with Crippen molar-refractivity contribution in [1.29, 1.82) is 0 Å². The molecule has 0 bridgehead atoms. The van der Waals surface area contributed by atoms with Gasteiger partial charge < -0.3 is 4.74 Å². The Balaban J connectivity index is 2.67. The third kappa shape index (κ3) is 3.52. The van der Waals surface area contributed by atoms with Gasteiger partial charge in [-0.1, -0.05) is 6.07 Å². The van der Waals surface area contributed by atoms with Crippen LogP contribution >= 0.6 is 0 Å². The van der Waals surface area contributed by atoms with E-state index in [-0.39, 0.29) is 17.6 Å². The van der Waals surface area contributed by atoms with Crippen molar-refractivity contribution in [3.8, 4) is 5.75 Å². The summed E-state index contributed by atoms with van der Waals surface area (Å²) in [4.78, 5) is 10.5. The first-order valence-electron chi connectivity index (χ1n) is 4.37. The maximum Gasteiger partial charge on any atom is 0.392 e. The van der Waals surface area contributed by atoms with E-state index in [0.717, 1.165) is 6.07 Å². The quantitative estimate of drug-likeness (QED) is 0.593. The molecule has 0 aliphatic heterocycles. The Kier molecular flexibility index (Phi) is 3.87. The van der Waals surface area contributed by atoms with Crippen molar-refractivity contribution in [1.82, 2.24) is 0 Å². The fourth-order valence-electron chi connectivity index (χ4n) is 1.03. The van der Waals surface area contributed by atoms with E-state index in [0.29, 0.717) is 0 Å². The van der Waals surface area contributed by atoms with Crippen molar-refractivity contribution in [2.45, 2.75) is 12.6 Å². The van der Waals surface area contributed by atoms with E-state index in [9.17, 15) is 22.4 Å². The van der Waals surface area contributed by atoms with Crippen LogP contribution in [0.25, 0.3) is 0 Å². The molecule has 1 rings (SSSR count). The van der Waals surface area contributed by atoms with Crippen molar-refractivity contribution in [3.05, 3.63) is 29.6 Å². The molecule has 6 heteroatoms. The summed E-state index contributed by atoms with van der Waals surface area (Å²) >= 11 is 0. The van der Waals surface area contributed by atoms with Gasteiger partial charge in [0.1, 0.15) is 11.6 Å². The van der Waals surface area contributed by atoms with Crippen LogP contribution in [0, 0.1) is 5.82 Å². The maximum atomic E-state index is 13.0. The zero-order valence-corrected chi connectivity index (χ0v) is 8.05. The van der Waals surface area contributed by atoms with Crippen LogP contribution in [0.3, 0.4) is 0 Å². The molecule has 2 nitrogen and oxygen atoms in total. The maximum absolute atomic E-state index is 13.0. The minimum atomic E-state index is -4.34. The molecule has 88 valence electrons. The van der Waals surface area contributed by atoms with Gasteiger partial charge in [-0.2, -0.15) is 13.2 Å². The number of ether oxygens (including phenoxy) is 1. The Labute approximate surface area is 88.8 Å². The number of halogens is 4. The number of carbonyl (C=O) groups excluding carboxylic acids is 1. The Morgan fingerprint density at radius 3 is 2.56 bits per heavy atom. The zero-order valence-electron chi connectivity index (χ0n) is 8.05. The van der Waals surface area contributed by atoms with E-state index in [2.05, 4.69) is 0 Å². The minimum Gasteiger partial charge on any atom is -0.492 e. The number of hydrogen-bond acceptors (Lipinski definition) is 2. The molecule has 0 fully saturated rings. The van der Waals surface area contributed by atoms with Gasteiger partial charge in [-0.3, -0.25) is 4.79 Å². The van der Waals surface area contributed by atoms with E-state index in [4.69, 9.17) is 4.74 Å². The van der Waals surface area contributed by atoms with Crippen LogP contribution in [0.5, 0.6) is 5.75 Å². The van der Waals surface area contributed by atoms with Gasteiger partial charge in [-0.25, -0.2) is 4.39 Å².